The Morgan fingerprint density at radius 2 is 0.863 bits per heavy atom. The molecular formula is C48H33BrN2. The predicted octanol–water partition coefficient (Wildman–Crippen LogP) is 12.9. The summed E-state index contributed by atoms with van der Waals surface area (Å²) in [7, 11) is 0. The van der Waals surface area contributed by atoms with E-state index in [1.54, 1.807) is 0 Å². The quantitative estimate of drug-likeness (QED) is 0.182. The fraction of sp³-hybridized carbons (Fsp3) is 0.0208. The molecule has 0 aliphatic carbocycles. The van der Waals surface area contributed by atoms with Gasteiger partial charge in [0, 0.05) is 10.2 Å². The number of nitrogens with zero attached hydrogens (tertiary/aromatic N) is 1. The van der Waals surface area contributed by atoms with Crippen LogP contribution in [0.1, 0.15) is 22.9 Å². The fourth-order valence-electron chi connectivity index (χ4n) is 7.23. The van der Waals surface area contributed by atoms with Gasteiger partial charge in [0.05, 0.1) is 5.71 Å². The van der Waals surface area contributed by atoms with Crippen molar-refractivity contribution in [1.82, 2.24) is 5.32 Å². The zero-order valence-electron chi connectivity index (χ0n) is 27.8. The van der Waals surface area contributed by atoms with Gasteiger partial charge in [0.2, 0.25) is 0 Å². The van der Waals surface area contributed by atoms with Crippen LogP contribution in [0.5, 0.6) is 0 Å². The Morgan fingerprint density at radius 1 is 0.392 bits per heavy atom. The number of rotatable bonds is 6. The third-order valence-electron chi connectivity index (χ3n) is 9.84. The van der Waals surface area contributed by atoms with E-state index >= 15 is 0 Å². The molecule has 0 saturated heterocycles. The molecule has 1 aliphatic heterocycles. The maximum atomic E-state index is 5.18. The van der Waals surface area contributed by atoms with Crippen molar-refractivity contribution >= 4 is 48.9 Å². The lowest BCUT2D eigenvalue weighted by Crippen LogP contribution is -2.24. The predicted molar refractivity (Wildman–Crippen MR) is 219 cm³/mol. The second kappa shape index (κ2) is 13.4. The van der Waals surface area contributed by atoms with Gasteiger partial charge >= 0.3 is 0 Å². The number of allylic oxidation sites excluding steroid dienone is 1. The Labute approximate surface area is 306 Å². The van der Waals surface area contributed by atoms with Crippen molar-refractivity contribution in [1.29, 1.82) is 0 Å². The first-order chi connectivity index (χ1) is 25.2. The SMILES string of the molecule is Brc1ccc(-c2ccc(-c3ccc(C4=CC(c5ccc(-c6ccccc6)cc5)=NC(c5ccccc5)N4)cc3)c3ccccc23)c2ccccc12. The molecule has 0 fully saturated rings. The molecule has 1 aliphatic rings. The molecule has 242 valence electrons. The molecule has 9 rings (SSSR count). The Balaban J connectivity index is 1.07. The molecule has 0 amide bonds. The van der Waals surface area contributed by atoms with E-state index in [9.17, 15) is 0 Å². The summed E-state index contributed by atoms with van der Waals surface area (Å²) in [4.78, 5) is 5.18. The summed E-state index contributed by atoms with van der Waals surface area (Å²) >= 11 is 3.76. The van der Waals surface area contributed by atoms with Gasteiger partial charge in [0.15, 0.2) is 0 Å². The van der Waals surface area contributed by atoms with Crippen LogP contribution in [-0.2, 0) is 0 Å². The van der Waals surface area contributed by atoms with Gasteiger partial charge in [-0.2, -0.15) is 0 Å². The molecule has 0 aromatic heterocycles. The van der Waals surface area contributed by atoms with Crippen LogP contribution in [0, 0.1) is 0 Å². The lowest BCUT2D eigenvalue weighted by atomic mass is 9.90. The minimum Gasteiger partial charge on any atom is -0.360 e. The third-order valence-corrected chi connectivity index (χ3v) is 10.5. The van der Waals surface area contributed by atoms with Gasteiger partial charge in [-0.05, 0) is 83.8 Å². The Bertz CT molecular complexity index is 2590. The van der Waals surface area contributed by atoms with Crippen LogP contribution in [0.2, 0.25) is 0 Å². The van der Waals surface area contributed by atoms with Crippen LogP contribution in [0.4, 0.5) is 0 Å². The smallest absolute Gasteiger partial charge is 0.145 e. The van der Waals surface area contributed by atoms with Crippen molar-refractivity contribution in [2.75, 3.05) is 0 Å². The van der Waals surface area contributed by atoms with Crippen LogP contribution < -0.4 is 5.32 Å². The van der Waals surface area contributed by atoms with Crippen molar-refractivity contribution in [2.45, 2.75) is 6.17 Å². The summed E-state index contributed by atoms with van der Waals surface area (Å²) in [5.74, 6) is 0. The van der Waals surface area contributed by atoms with Crippen molar-refractivity contribution < 1.29 is 0 Å². The average molecular weight is 718 g/mol. The minimum absolute atomic E-state index is 0.194. The maximum absolute atomic E-state index is 5.18. The largest absolute Gasteiger partial charge is 0.360 e. The topological polar surface area (TPSA) is 24.4 Å². The van der Waals surface area contributed by atoms with Crippen molar-refractivity contribution in [2.24, 2.45) is 4.99 Å². The zero-order valence-corrected chi connectivity index (χ0v) is 29.4. The molecule has 0 spiro atoms. The monoisotopic (exact) mass is 716 g/mol. The van der Waals surface area contributed by atoms with Crippen LogP contribution >= 0.6 is 15.9 Å². The van der Waals surface area contributed by atoms with E-state index < -0.39 is 0 Å². The van der Waals surface area contributed by atoms with Crippen molar-refractivity contribution in [3.8, 4) is 33.4 Å². The minimum atomic E-state index is -0.194. The molecule has 2 nitrogen and oxygen atoms in total. The molecule has 0 bridgehead atoms. The second-order valence-corrected chi connectivity index (χ2v) is 13.8. The number of halogens is 1. The molecule has 0 saturated carbocycles. The van der Waals surface area contributed by atoms with Crippen LogP contribution in [0.25, 0.3) is 60.6 Å². The average Bonchev–Trinajstić information content (AvgIpc) is 3.21. The van der Waals surface area contributed by atoms with Crippen LogP contribution in [0.3, 0.4) is 0 Å². The molecule has 1 N–H and O–H groups in total. The standard InChI is InChI=1S/C48H33BrN2/c49-45-30-29-43(41-17-9-10-18-44(41)45)42-28-27-38(39-15-7-8-16-40(39)42)34-21-25-36(26-22-34)47-31-46(50-48(51-47)37-13-5-2-6-14-37)35-23-19-33(20-24-35)32-11-3-1-4-12-32/h1-31,48,51H. The Hall–Kier alpha value is -6.03. The molecule has 1 unspecified atom stereocenters. The van der Waals surface area contributed by atoms with E-state index in [4.69, 9.17) is 4.99 Å². The number of hydrogen-bond donors (Lipinski definition) is 1. The summed E-state index contributed by atoms with van der Waals surface area (Å²) in [6.45, 7) is 0. The van der Waals surface area contributed by atoms with Crippen LogP contribution in [-0.4, -0.2) is 5.71 Å². The van der Waals surface area contributed by atoms with Gasteiger partial charge < -0.3 is 5.32 Å². The molecule has 8 aromatic carbocycles. The van der Waals surface area contributed by atoms with E-state index in [2.05, 4.69) is 203 Å². The highest BCUT2D eigenvalue weighted by molar-refractivity contribution is 9.10. The molecule has 1 atom stereocenters. The van der Waals surface area contributed by atoms with E-state index in [1.165, 1.54) is 54.9 Å². The van der Waals surface area contributed by atoms with E-state index in [0.717, 1.165) is 32.6 Å². The summed E-state index contributed by atoms with van der Waals surface area (Å²) in [5.41, 5.74) is 12.6. The molecule has 1 heterocycles. The van der Waals surface area contributed by atoms with Gasteiger partial charge in [0.1, 0.15) is 6.17 Å². The van der Waals surface area contributed by atoms with E-state index in [-0.39, 0.29) is 6.17 Å². The second-order valence-electron chi connectivity index (χ2n) is 12.9. The molecule has 3 heteroatoms. The lowest BCUT2D eigenvalue weighted by Gasteiger charge is -2.25. The summed E-state index contributed by atoms with van der Waals surface area (Å²) < 4.78 is 1.11. The Kier molecular flexibility index (Phi) is 8.11. The van der Waals surface area contributed by atoms with E-state index in [0.29, 0.717) is 0 Å². The van der Waals surface area contributed by atoms with Crippen molar-refractivity contribution in [3.05, 3.63) is 209 Å². The first-order valence-electron chi connectivity index (χ1n) is 17.3. The Morgan fingerprint density at radius 3 is 1.55 bits per heavy atom. The van der Waals surface area contributed by atoms with Crippen LogP contribution in [0.15, 0.2) is 198 Å². The zero-order chi connectivity index (χ0) is 34.1. The van der Waals surface area contributed by atoms with Gasteiger partial charge in [-0.1, -0.05) is 192 Å². The number of benzene rings is 8. The highest BCUT2D eigenvalue weighted by Gasteiger charge is 2.20. The highest BCUT2D eigenvalue weighted by Crippen LogP contribution is 2.40. The first-order valence-corrected chi connectivity index (χ1v) is 18.1. The number of nitrogens with one attached hydrogen (secondary N) is 1. The maximum Gasteiger partial charge on any atom is 0.145 e. The highest BCUT2D eigenvalue weighted by atomic mass is 79.9. The molecule has 0 radical (unpaired) electrons. The number of aliphatic imine (C=N–C) groups is 1. The summed E-state index contributed by atoms with van der Waals surface area (Å²) in [6.07, 6.45) is 1.99. The van der Waals surface area contributed by atoms with Gasteiger partial charge in [-0.3, -0.25) is 4.99 Å². The van der Waals surface area contributed by atoms with Gasteiger partial charge in [0.25, 0.3) is 0 Å². The number of hydrogen-bond acceptors (Lipinski definition) is 2. The van der Waals surface area contributed by atoms with E-state index in [1.807, 2.05) is 6.07 Å². The third kappa shape index (κ3) is 5.96. The molecular weight excluding hydrogens is 684 g/mol. The first kappa shape index (κ1) is 31.0. The normalized spacial score (nSPS) is 14.2. The molecule has 51 heavy (non-hydrogen) atoms. The summed E-state index contributed by atoms with van der Waals surface area (Å²) in [5, 5.41) is 8.67. The molecule has 8 aromatic rings. The lowest BCUT2D eigenvalue weighted by molar-refractivity contribution is 0.664. The fourth-order valence-corrected chi connectivity index (χ4v) is 7.71. The number of fused-ring (bicyclic) bond motifs is 2. The van der Waals surface area contributed by atoms with Crippen molar-refractivity contribution in [3.63, 3.8) is 0 Å². The van der Waals surface area contributed by atoms with Gasteiger partial charge in [-0.25, -0.2) is 0 Å². The van der Waals surface area contributed by atoms with Gasteiger partial charge in [-0.15, -0.1) is 0 Å². The summed E-state index contributed by atoms with van der Waals surface area (Å²) in [6, 6.07) is 64.9.